The molecule has 3 N–H and O–H groups in total. The standard InChI is InChI=1S/C22H29N3O3/c1-2-28-22(27)19-13-15-12-16(8-9-18(15)25-19)24-21(26)20-17(10-11-23-20)14-6-4-3-5-7-14/h8-9,12-14,17,20,23,25H,2-7,10-11H2,1H3,(H,24,26)/t17-,20-/m0/s1. The number of aromatic amines is 1. The maximum atomic E-state index is 12.9. The van der Waals surface area contributed by atoms with Crippen LogP contribution in [0.2, 0.25) is 0 Å². The van der Waals surface area contributed by atoms with Gasteiger partial charge in [-0.05, 0) is 56.0 Å². The summed E-state index contributed by atoms with van der Waals surface area (Å²) in [7, 11) is 0. The van der Waals surface area contributed by atoms with Gasteiger partial charge in [-0.25, -0.2) is 4.79 Å². The highest BCUT2D eigenvalue weighted by Crippen LogP contribution is 2.36. The summed E-state index contributed by atoms with van der Waals surface area (Å²) < 4.78 is 5.04. The van der Waals surface area contributed by atoms with Crippen molar-refractivity contribution in [3.05, 3.63) is 30.0 Å². The lowest BCUT2D eigenvalue weighted by Crippen LogP contribution is -2.42. The molecule has 1 aromatic carbocycles. The predicted molar refractivity (Wildman–Crippen MR) is 109 cm³/mol. The summed E-state index contributed by atoms with van der Waals surface area (Å²) in [6.07, 6.45) is 7.51. The monoisotopic (exact) mass is 383 g/mol. The Balaban J connectivity index is 1.46. The zero-order chi connectivity index (χ0) is 19.5. The fraction of sp³-hybridized carbons (Fsp3) is 0.545. The molecule has 0 radical (unpaired) electrons. The molecule has 1 saturated carbocycles. The van der Waals surface area contributed by atoms with Gasteiger partial charge in [-0.15, -0.1) is 0 Å². The van der Waals surface area contributed by atoms with E-state index < -0.39 is 0 Å². The van der Waals surface area contributed by atoms with Gasteiger partial charge in [0, 0.05) is 16.6 Å². The molecule has 2 atom stereocenters. The maximum absolute atomic E-state index is 12.9. The SMILES string of the molecule is CCOC(=O)c1cc2cc(NC(=O)[C@H]3NCC[C@H]3C3CCCCC3)ccc2[nH]1. The number of esters is 1. The van der Waals surface area contributed by atoms with Gasteiger partial charge < -0.3 is 20.4 Å². The van der Waals surface area contributed by atoms with Crippen LogP contribution in [0, 0.1) is 11.8 Å². The van der Waals surface area contributed by atoms with Crippen molar-refractivity contribution >= 4 is 28.5 Å². The minimum absolute atomic E-state index is 0.0496. The Labute approximate surface area is 165 Å². The predicted octanol–water partition coefficient (Wildman–Crippen LogP) is 3.84. The molecule has 1 saturated heterocycles. The zero-order valence-corrected chi connectivity index (χ0v) is 16.4. The van der Waals surface area contributed by atoms with Crippen LogP contribution in [0.3, 0.4) is 0 Å². The molecule has 6 heteroatoms. The van der Waals surface area contributed by atoms with Crippen molar-refractivity contribution in [1.29, 1.82) is 0 Å². The van der Waals surface area contributed by atoms with Crippen LogP contribution in [0.1, 0.15) is 55.9 Å². The smallest absolute Gasteiger partial charge is 0.354 e. The summed E-state index contributed by atoms with van der Waals surface area (Å²) in [5.41, 5.74) is 2.03. The van der Waals surface area contributed by atoms with Gasteiger partial charge in [0.2, 0.25) is 5.91 Å². The molecule has 0 spiro atoms. The Hall–Kier alpha value is -2.34. The number of nitrogens with one attached hydrogen (secondary N) is 3. The van der Waals surface area contributed by atoms with Crippen LogP contribution in [0.15, 0.2) is 24.3 Å². The van der Waals surface area contributed by atoms with Crippen LogP contribution in [-0.4, -0.2) is 36.1 Å². The van der Waals surface area contributed by atoms with E-state index in [0.717, 1.165) is 29.6 Å². The van der Waals surface area contributed by atoms with Crippen LogP contribution in [0.5, 0.6) is 0 Å². The van der Waals surface area contributed by atoms with Gasteiger partial charge in [-0.1, -0.05) is 32.1 Å². The van der Waals surface area contributed by atoms with Crippen molar-refractivity contribution < 1.29 is 14.3 Å². The van der Waals surface area contributed by atoms with Crippen molar-refractivity contribution in [2.45, 2.75) is 51.5 Å². The number of aromatic nitrogens is 1. The number of amides is 1. The molecule has 0 bridgehead atoms. The van der Waals surface area contributed by atoms with Crippen LogP contribution in [-0.2, 0) is 9.53 Å². The number of H-pyrrole nitrogens is 1. The van der Waals surface area contributed by atoms with E-state index in [4.69, 9.17) is 4.74 Å². The summed E-state index contributed by atoms with van der Waals surface area (Å²) in [4.78, 5) is 27.9. The number of anilines is 1. The quantitative estimate of drug-likeness (QED) is 0.685. The molecule has 2 aromatic rings. The fourth-order valence-electron chi connectivity index (χ4n) is 4.83. The van der Waals surface area contributed by atoms with Crippen molar-refractivity contribution in [2.24, 2.45) is 11.8 Å². The molecule has 0 unspecified atom stereocenters. The van der Waals surface area contributed by atoms with E-state index in [0.29, 0.717) is 24.1 Å². The molecule has 2 fully saturated rings. The van der Waals surface area contributed by atoms with Crippen molar-refractivity contribution in [1.82, 2.24) is 10.3 Å². The number of carbonyl (C=O) groups is 2. The van der Waals surface area contributed by atoms with Crippen LogP contribution in [0.25, 0.3) is 10.9 Å². The van der Waals surface area contributed by atoms with Gasteiger partial charge in [0.15, 0.2) is 0 Å². The van der Waals surface area contributed by atoms with Crippen molar-refractivity contribution in [2.75, 3.05) is 18.5 Å². The first kappa shape index (κ1) is 19.0. The minimum atomic E-state index is -0.366. The summed E-state index contributed by atoms with van der Waals surface area (Å²) in [6.45, 7) is 3.04. The summed E-state index contributed by atoms with van der Waals surface area (Å²) >= 11 is 0. The average molecular weight is 383 g/mol. The second-order valence-corrected chi connectivity index (χ2v) is 7.98. The topological polar surface area (TPSA) is 83.2 Å². The molecule has 4 rings (SSSR count). The number of carbonyl (C=O) groups excluding carboxylic acids is 2. The summed E-state index contributed by atoms with van der Waals surface area (Å²) in [5, 5.41) is 7.37. The first-order chi connectivity index (χ1) is 13.7. The lowest BCUT2D eigenvalue weighted by Gasteiger charge is -2.30. The van der Waals surface area contributed by atoms with E-state index in [1.54, 1.807) is 13.0 Å². The molecule has 28 heavy (non-hydrogen) atoms. The molecule has 2 heterocycles. The van der Waals surface area contributed by atoms with E-state index in [2.05, 4.69) is 15.6 Å². The van der Waals surface area contributed by atoms with Gasteiger partial charge in [0.25, 0.3) is 0 Å². The van der Waals surface area contributed by atoms with Crippen molar-refractivity contribution in [3.8, 4) is 0 Å². The molecular formula is C22H29N3O3. The lowest BCUT2D eigenvalue weighted by molar-refractivity contribution is -0.119. The number of rotatable bonds is 5. The van der Waals surface area contributed by atoms with E-state index >= 15 is 0 Å². The summed E-state index contributed by atoms with van der Waals surface area (Å²) in [6, 6.07) is 7.31. The highest BCUT2D eigenvalue weighted by atomic mass is 16.5. The Morgan fingerprint density at radius 1 is 1.14 bits per heavy atom. The molecule has 1 aliphatic heterocycles. The number of fused-ring (bicyclic) bond motifs is 1. The molecular weight excluding hydrogens is 354 g/mol. The lowest BCUT2D eigenvalue weighted by atomic mass is 9.76. The fourth-order valence-corrected chi connectivity index (χ4v) is 4.83. The molecule has 2 aliphatic rings. The second-order valence-electron chi connectivity index (χ2n) is 7.98. The average Bonchev–Trinajstić information content (AvgIpc) is 3.36. The highest BCUT2D eigenvalue weighted by molar-refractivity contribution is 5.99. The van der Waals surface area contributed by atoms with Gasteiger partial charge in [0.1, 0.15) is 5.69 Å². The Morgan fingerprint density at radius 3 is 2.75 bits per heavy atom. The third-order valence-electron chi connectivity index (χ3n) is 6.19. The van der Waals surface area contributed by atoms with Gasteiger partial charge in [-0.2, -0.15) is 0 Å². The third kappa shape index (κ3) is 3.92. The summed E-state index contributed by atoms with van der Waals surface area (Å²) in [5.74, 6) is 0.786. The van der Waals surface area contributed by atoms with E-state index in [1.165, 1.54) is 32.1 Å². The zero-order valence-electron chi connectivity index (χ0n) is 16.4. The molecule has 6 nitrogen and oxygen atoms in total. The Morgan fingerprint density at radius 2 is 1.96 bits per heavy atom. The van der Waals surface area contributed by atoms with Gasteiger partial charge >= 0.3 is 5.97 Å². The number of hydrogen-bond donors (Lipinski definition) is 3. The second kappa shape index (κ2) is 8.35. The molecule has 1 aromatic heterocycles. The molecule has 150 valence electrons. The van der Waals surface area contributed by atoms with E-state index in [9.17, 15) is 9.59 Å². The number of ether oxygens (including phenoxy) is 1. The van der Waals surface area contributed by atoms with Crippen molar-refractivity contribution in [3.63, 3.8) is 0 Å². The van der Waals surface area contributed by atoms with Crippen LogP contribution < -0.4 is 10.6 Å². The van der Waals surface area contributed by atoms with E-state index in [-0.39, 0.29) is 17.9 Å². The Bertz CT molecular complexity index is 854. The molecule has 1 aliphatic carbocycles. The first-order valence-corrected chi connectivity index (χ1v) is 10.5. The maximum Gasteiger partial charge on any atom is 0.354 e. The van der Waals surface area contributed by atoms with Gasteiger partial charge in [0.05, 0.1) is 12.6 Å². The normalized spacial score (nSPS) is 23.0. The molecule has 1 amide bonds. The van der Waals surface area contributed by atoms with E-state index in [1.807, 2.05) is 18.2 Å². The highest BCUT2D eigenvalue weighted by Gasteiger charge is 2.38. The largest absolute Gasteiger partial charge is 0.461 e. The number of benzene rings is 1. The Kier molecular flexibility index (Phi) is 5.67. The minimum Gasteiger partial charge on any atom is -0.461 e. The number of hydrogen-bond acceptors (Lipinski definition) is 4. The third-order valence-corrected chi connectivity index (χ3v) is 6.19. The van der Waals surface area contributed by atoms with Crippen LogP contribution in [0.4, 0.5) is 5.69 Å². The van der Waals surface area contributed by atoms with Crippen LogP contribution >= 0.6 is 0 Å². The van der Waals surface area contributed by atoms with Gasteiger partial charge in [-0.3, -0.25) is 4.79 Å². The first-order valence-electron chi connectivity index (χ1n) is 10.5.